The van der Waals surface area contributed by atoms with Gasteiger partial charge in [-0.25, -0.2) is 0 Å². The highest BCUT2D eigenvalue weighted by atomic mass is 35.5. The van der Waals surface area contributed by atoms with E-state index in [-0.39, 0.29) is 12.5 Å². The monoisotopic (exact) mass is 373 g/mol. The minimum atomic E-state index is -0.162. The number of nitrogens with zero attached hydrogens (tertiary/aromatic N) is 1. The van der Waals surface area contributed by atoms with Crippen molar-refractivity contribution in [2.45, 2.75) is 26.9 Å². The van der Waals surface area contributed by atoms with Crippen LogP contribution in [0.15, 0.2) is 57.6 Å². The molecule has 0 aliphatic heterocycles. The lowest BCUT2D eigenvalue weighted by atomic mass is 10.2. The lowest BCUT2D eigenvalue weighted by Crippen LogP contribution is -2.34. The van der Waals surface area contributed by atoms with Crippen LogP contribution in [0.1, 0.15) is 22.8 Å². The predicted molar refractivity (Wildman–Crippen MR) is 98.1 cm³/mol. The third-order valence-corrected chi connectivity index (χ3v) is 4.15. The largest absolute Gasteiger partial charge is 0.483 e. The van der Waals surface area contributed by atoms with E-state index in [9.17, 15) is 4.79 Å². The van der Waals surface area contributed by atoms with Gasteiger partial charge in [0.25, 0.3) is 5.91 Å². The highest BCUT2D eigenvalue weighted by Gasteiger charge is 2.18. The fourth-order valence-electron chi connectivity index (χ4n) is 2.59. The molecule has 26 heavy (non-hydrogen) atoms. The molecule has 1 amide bonds. The Kier molecular flexibility index (Phi) is 5.68. The summed E-state index contributed by atoms with van der Waals surface area (Å²) >= 11 is 5.95. The predicted octanol–water partition coefficient (Wildman–Crippen LogP) is 4.75. The van der Waals surface area contributed by atoms with Crippen LogP contribution < -0.4 is 4.74 Å². The van der Waals surface area contributed by atoms with Crippen LogP contribution >= 0.6 is 11.6 Å². The van der Waals surface area contributed by atoms with Crippen molar-refractivity contribution >= 4 is 17.5 Å². The van der Waals surface area contributed by atoms with Gasteiger partial charge in [0.2, 0.25) is 0 Å². The molecule has 6 heteroatoms. The summed E-state index contributed by atoms with van der Waals surface area (Å²) in [6.45, 7) is 4.36. The maximum Gasteiger partial charge on any atom is 0.261 e. The highest BCUT2D eigenvalue weighted by Crippen LogP contribution is 2.22. The summed E-state index contributed by atoms with van der Waals surface area (Å²) in [7, 11) is 0. The molecule has 3 rings (SSSR count). The van der Waals surface area contributed by atoms with Gasteiger partial charge in [0.15, 0.2) is 6.61 Å². The van der Waals surface area contributed by atoms with Gasteiger partial charge in [-0.2, -0.15) is 0 Å². The van der Waals surface area contributed by atoms with Crippen LogP contribution in [0.4, 0.5) is 0 Å². The zero-order chi connectivity index (χ0) is 18.5. The van der Waals surface area contributed by atoms with Crippen molar-refractivity contribution in [3.05, 3.63) is 76.6 Å². The smallest absolute Gasteiger partial charge is 0.261 e. The van der Waals surface area contributed by atoms with Gasteiger partial charge in [0.05, 0.1) is 19.4 Å². The maximum atomic E-state index is 12.7. The fraction of sp³-hybridized carbons (Fsp3) is 0.250. The molecule has 3 aromatic rings. The number of hydrogen-bond donors (Lipinski definition) is 0. The number of aryl methyl sites for hydroxylation is 2. The summed E-state index contributed by atoms with van der Waals surface area (Å²) in [4.78, 5) is 14.4. The Balaban J connectivity index is 1.69. The van der Waals surface area contributed by atoms with Gasteiger partial charge in [0.1, 0.15) is 23.0 Å². The summed E-state index contributed by atoms with van der Waals surface area (Å²) < 4.78 is 16.7. The zero-order valence-electron chi connectivity index (χ0n) is 14.7. The van der Waals surface area contributed by atoms with Crippen LogP contribution in [0.5, 0.6) is 5.75 Å². The molecular weight excluding hydrogens is 354 g/mol. The maximum absolute atomic E-state index is 12.7. The quantitative estimate of drug-likeness (QED) is 0.599. The Morgan fingerprint density at radius 3 is 2.58 bits per heavy atom. The lowest BCUT2D eigenvalue weighted by Gasteiger charge is -2.21. The number of hydrogen-bond acceptors (Lipinski definition) is 4. The lowest BCUT2D eigenvalue weighted by molar-refractivity contribution is -0.135. The Labute approximate surface area is 157 Å². The summed E-state index contributed by atoms with van der Waals surface area (Å²) in [5.41, 5.74) is 0.879. The van der Waals surface area contributed by atoms with Gasteiger partial charge in [-0.05, 0) is 61.9 Å². The minimum Gasteiger partial charge on any atom is -0.483 e. The van der Waals surface area contributed by atoms with Gasteiger partial charge >= 0.3 is 0 Å². The average molecular weight is 374 g/mol. The molecule has 0 aliphatic carbocycles. The van der Waals surface area contributed by atoms with E-state index in [1.807, 2.05) is 32.0 Å². The molecule has 0 bridgehead atoms. The summed E-state index contributed by atoms with van der Waals surface area (Å²) in [6, 6.07) is 12.7. The molecule has 0 fully saturated rings. The van der Waals surface area contributed by atoms with E-state index in [4.69, 9.17) is 25.2 Å². The number of rotatable bonds is 7. The standard InChI is InChI=1S/C20H20ClNO4/c1-14-10-16(21)6-8-19(14)25-13-20(23)22(11-17-4-3-9-24-17)12-18-7-5-15(2)26-18/h3-10H,11-13H2,1-2H3. The van der Waals surface area contributed by atoms with Gasteiger partial charge in [-0.1, -0.05) is 11.6 Å². The first-order chi connectivity index (χ1) is 12.5. The van der Waals surface area contributed by atoms with Crippen molar-refractivity contribution in [3.63, 3.8) is 0 Å². The van der Waals surface area contributed by atoms with E-state index in [2.05, 4.69) is 0 Å². The normalized spacial score (nSPS) is 10.7. The first kappa shape index (κ1) is 18.1. The first-order valence-electron chi connectivity index (χ1n) is 8.25. The van der Waals surface area contributed by atoms with Gasteiger partial charge < -0.3 is 18.5 Å². The average Bonchev–Trinajstić information content (AvgIpc) is 3.25. The molecule has 0 saturated carbocycles. The number of carbonyl (C=O) groups is 1. The van der Waals surface area contributed by atoms with Gasteiger partial charge in [-0.3, -0.25) is 4.79 Å². The third kappa shape index (κ3) is 4.70. The number of amides is 1. The number of carbonyl (C=O) groups excluding carboxylic acids is 1. The topological polar surface area (TPSA) is 55.8 Å². The van der Waals surface area contributed by atoms with Crippen molar-refractivity contribution < 1.29 is 18.4 Å². The van der Waals surface area contributed by atoms with Crippen LogP contribution in [0, 0.1) is 13.8 Å². The molecule has 0 N–H and O–H groups in total. The van der Waals surface area contributed by atoms with E-state index in [1.165, 1.54) is 0 Å². The fourth-order valence-corrected chi connectivity index (χ4v) is 2.81. The van der Waals surface area contributed by atoms with E-state index < -0.39 is 0 Å². The third-order valence-electron chi connectivity index (χ3n) is 3.91. The van der Waals surface area contributed by atoms with Crippen LogP contribution in [-0.2, 0) is 17.9 Å². The molecule has 0 aliphatic rings. The molecule has 0 spiro atoms. The number of ether oxygens (including phenoxy) is 1. The number of halogens is 1. The van der Waals surface area contributed by atoms with E-state index in [1.54, 1.807) is 35.4 Å². The zero-order valence-corrected chi connectivity index (χ0v) is 15.5. The van der Waals surface area contributed by atoms with E-state index >= 15 is 0 Å². The number of furan rings is 2. The molecule has 0 radical (unpaired) electrons. The van der Waals surface area contributed by atoms with Crippen LogP contribution in [0.3, 0.4) is 0 Å². The SMILES string of the molecule is Cc1ccc(CN(Cc2ccco2)C(=O)COc2ccc(Cl)cc2C)o1. The second kappa shape index (κ2) is 8.15. The van der Waals surface area contributed by atoms with Crippen LogP contribution in [0.2, 0.25) is 5.02 Å². The molecule has 2 aromatic heterocycles. The molecule has 0 unspecified atom stereocenters. The van der Waals surface area contributed by atoms with Crippen LogP contribution in [0.25, 0.3) is 0 Å². The summed E-state index contributed by atoms with van der Waals surface area (Å²) in [5.74, 6) is 2.69. The Hall–Kier alpha value is -2.66. The minimum absolute atomic E-state index is 0.0805. The van der Waals surface area contributed by atoms with Crippen molar-refractivity contribution in [2.75, 3.05) is 6.61 Å². The van der Waals surface area contributed by atoms with Crippen molar-refractivity contribution in [1.29, 1.82) is 0 Å². The van der Waals surface area contributed by atoms with E-state index in [0.717, 1.165) is 11.3 Å². The molecule has 5 nitrogen and oxygen atoms in total. The van der Waals surface area contributed by atoms with Crippen molar-refractivity contribution in [1.82, 2.24) is 4.90 Å². The molecule has 0 atom stereocenters. The molecule has 1 aromatic carbocycles. The molecule has 2 heterocycles. The Bertz CT molecular complexity index is 870. The Morgan fingerprint density at radius 1 is 1.12 bits per heavy atom. The second-order valence-corrected chi connectivity index (χ2v) is 6.48. The Morgan fingerprint density at radius 2 is 1.92 bits per heavy atom. The van der Waals surface area contributed by atoms with Gasteiger partial charge in [0, 0.05) is 5.02 Å². The summed E-state index contributed by atoms with van der Waals surface area (Å²) in [6.07, 6.45) is 1.59. The summed E-state index contributed by atoms with van der Waals surface area (Å²) in [5, 5.41) is 0.633. The van der Waals surface area contributed by atoms with E-state index in [0.29, 0.717) is 35.4 Å². The highest BCUT2D eigenvalue weighted by molar-refractivity contribution is 6.30. The first-order valence-corrected chi connectivity index (χ1v) is 8.63. The molecular formula is C20H20ClNO4. The number of benzene rings is 1. The molecule has 0 saturated heterocycles. The molecule has 136 valence electrons. The van der Waals surface area contributed by atoms with Crippen molar-refractivity contribution in [3.8, 4) is 5.75 Å². The van der Waals surface area contributed by atoms with Crippen molar-refractivity contribution in [2.24, 2.45) is 0 Å². The van der Waals surface area contributed by atoms with Crippen LogP contribution in [-0.4, -0.2) is 17.4 Å². The second-order valence-electron chi connectivity index (χ2n) is 6.04. The van der Waals surface area contributed by atoms with Gasteiger partial charge in [-0.15, -0.1) is 0 Å².